The summed E-state index contributed by atoms with van der Waals surface area (Å²) in [6, 6.07) is 14.4. The summed E-state index contributed by atoms with van der Waals surface area (Å²) < 4.78 is 5.52. The topological polar surface area (TPSA) is 67.4 Å². The zero-order valence-electron chi connectivity index (χ0n) is 13.3. The third-order valence-electron chi connectivity index (χ3n) is 3.28. The molecule has 0 heterocycles. The Morgan fingerprint density at radius 3 is 2.26 bits per heavy atom. The van der Waals surface area contributed by atoms with Gasteiger partial charge in [0.1, 0.15) is 5.75 Å². The van der Waals surface area contributed by atoms with Crippen molar-refractivity contribution in [3.05, 3.63) is 59.7 Å². The standard InChI is InChI=1S/C18H20N2O3/c1-13-3-9-16(10-4-13)23-12-11-17(21)20-15-7-5-14(6-8-15)18(22)19-2/h3-10H,11-12H2,1-2H3,(H,19,22)(H,20,21). The summed E-state index contributed by atoms with van der Waals surface area (Å²) in [5, 5.41) is 5.32. The lowest BCUT2D eigenvalue weighted by molar-refractivity contribution is -0.116. The fourth-order valence-electron chi connectivity index (χ4n) is 1.97. The molecule has 0 bridgehead atoms. The molecule has 0 atom stereocenters. The highest BCUT2D eigenvalue weighted by molar-refractivity contribution is 5.95. The van der Waals surface area contributed by atoms with Crippen LogP contribution in [-0.2, 0) is 4.79 Å². The molecule has 0 saturated carbocycles. The number of benzene rings is 2. The normalized spacial score (nSPS) is 10.0. The first-order chi connectivity index (χ1) is 11.1. The van der Waals surface area contributed by atoms with Crippen LogP contribution in [0.1, 0.15) is 22.3 Å². The molecule has 0 saturated heterocycles. The van der Waals surface area contributed by atoms with Crippen molar-refractivity contribution >= 4 is 17.5 Å². The van der Waals surface area contributed by atoms with E-state index in [1.165, 1.54) is 0 Å². The second-order valence-electron chi connectivity index (χ2n) is 5.12. The molecule has 0 fully saturated rings. The molecule has 5 heteroatoms. The molecule has 2 amide bonds. The molecule has 2 N–H and O–H groups in total. The van der Waals surface area contributed by atoms with Gasteiger partial charge in [0.05, 0.1) is 13.0 Å². The number of amides is 2. The van der Waals surface area contributed by atoms with Gasteiger partial charge in [0.2, 0.25) is 5.91 Å². The summed E-state index contributed by atoms with van der Waals surface area (Å²) in [6.07, 6.45) is 0.255. The Bertz CT molecular complexity index is 664. The first kappa shape index (κ1) is 16.5. The highest BCUT2D eigenvalue weighted by Gasteiger charge is 2.05. The molecule has 2 aromatic carbocycles. The van der Waals surface area contributed by atoms with Crippen molar-refractivity contribution in [3.63, 3.8) is 0 Å². The minimum Gasteiger partial charge on any atom is -0.493 e. The fraction of sp³-hybridized carbons (Fsp3) is 0.222. The Kier molecular flexibility index (Phi) is 5.74. The summed E-state index contributed by atoms with van der Waals surface area (Å²) in [5.41, 5.74) is 2.36. The van der Waals surface area contributed by atoms with E-state index >= 15 is 0 Å². The Hall–Kier alpha value is -2.82. The molecule has 2 rings (SSSR count). The van der Waals surface area contributed by atoms with Gasteiger partial charge in [0.25, 0.3) is 5.91 Å². The monoisotopic (exact) mass is 312 g/mol. The lowest BCUT2D eigenvalue weighted by Gasteiger charge is -2.08. The first-order valence-corrected chi connectivity index (χ1v) is 7.40. The van der Waals surface area contributed by atoms with Gasteiger partial charge in [0, 0.05) is 18.3 Å². The van der Waals surface area contributed by atoms with Gasteiger partial charge in [-0.05, 0) is 43.3 Å². The van der Waals surface area contributed by atoms with Crippen LogP contribution in [0.15, 0.2) is 48.5 Å². The largest absolute Gasteiger partial charge is 0.493 e. The maximum atomic E-state index is 11.9. The summed E-state index contributed by atoms with van der Waals surface area (Å²) in [4.78, 5) is 23.3. The van der Waals surface area contributed by atoms with Crippen molar-refractivity contribution < 1.29 is 14.3 Å². The number of aryl methyl sites for hydroxylation is 1. The average molecular weight is 312 g/mol. The first-order valence-electron chi connectivity index (χ1n) is 7.40. The molecule has 0 aliphatic heterocycles. The van der Waals surface area contributed by atoms with Gasteiger partial charge in [-0.1, -0.05) is 17.7 Å². The molecule has 5 nitrogen and oxygen atoms in total. The molecule has 0 spiro atoms. The molecule has 0 aliphatic rings. The second-order valence-corrected chi connectivity index (χ2v) is 5.12. The van der Waals surface area contributed by atoms with Crippen molar-refractivity contribution in [3.8, 4) is 5.75 Å². The molecular formula is C18H20N2O3. The summed E-state index contributed by atoms with van der Waals surface area (Å²) >= 11 is 0. The number of hydrogen-bond acceptors (Lipinski definition) is 3. The molecule has 0 aliphatic carbocycles. The maximum Gasteiger partial charge on any atom is 0.251 e. The highest BCUT2D eigenvalue weighted by Crippen LogP contribution is 2.12. The van der Waals surface area contributed by atoms with Crippen LogP contribution < -0.4 is 15.4 Å². The van der Waals surface area contributed by atoms with Gasteiger partial charge in [-0.15, -0.1) is 0 Å². The van der Waals surface area contributed by atoms with Crippen LogP contribution in [0.25, 0.3) is 0 Å². The zero-order valence-corrected chi connectivity index (χ0v) is 13.3. The number of rotatable bonds is 6. The van der Waals surface area contributed by atoms with Gasteiger partial charge >= 0.3 is 0 Å². The quantitative estimate of drug-likeness (QED) is 0.862. The number of hydrogen-bond donors (Lipinski definition) is 2. The molecule has 120 valence electrons. The van der Waals surface area contributed by atoms with Crippen LogP contribution in [0.2, 0.25) is 0 Å². The second kappa shape index (κ2) is 7.98. The Balaban J connectivity index is 1.78. The van der Waals surface area contributed by atoms with E-state index in [1.54, 1.807) is 31.3 Å². The van der Waals surface area contributed by atoms with E-state index in [0.29, 0.717) is 17.9 Å². The van der Waals surface area contributed by atoms with Crippen LogP contribution in [-0.4, -0.2) is 25.5 Å². The fourth-order valence-corrected chi connectivity index (χ4v) is 1.97. The third-order valence-corrected chi connectivity index (χ3v) is 3.28. The lowest BCUT2D eigenvalue weighted by Crippen LogP contribution is -2.18. The van der Waals surface area contributed by atoms with Crippen LogP contribution >= 0.6 is 0 Å². The summed E-state index contributed by atoms with van der Waals surface area (Å²) in [5.74, 6) is 0.456. The minimum atomic E-state index is -0.158. The van der Waals surface area contributed by atoms with Crippen LogP contribution in [0.3, 0.4) is 0 Å². The predicted octanol–water partition coefficient (Wildman–Crippen LogP) is 2.76. The van der Waals surface area contributed by atoms with Crippen molar-refractivity contribution in [1.29, 1.82) is 0 Å². The van der Waals surface area contributed by atoms with E-state index in [0.717, 1.165) is 11.3 Å². The van der Waals surface area contributed by atoms with Gasteiger partial charge in [-0.2, -0.15) is 0 Å². The third kappa shape index (κ3) is 5.14. The smallest absolute Gasteiger partial charge is 0.251 e. The van der Waals surface area contributed by atoms with Crippen LogP contribution in [0.5, 0.6) is 5.75 Å². The van der Waals surface area contributed by atoms with E-state index < -0.39 is 0 Å². The molecule has 0 radical (unpaired) electrons. The van der Waals surface area contributed by atoms with Gasteiger partial charge < -0.3 is 15.4 Å². The van der Waals surface area contributed by atoms with Gasteiger partial charge in [-0.25, -0.2) is 0 Å². The zero-order chi connectivity index (χ0) is 16.7. The van der Waals surface area contributed by atoms with Gasteiger partial charge in [-0.3, -0.25) is 9.59 Å². The SMILES string of the molecule is CNC(=O)c1ccc(NC(=O)CCOc2ccc(C)cc2)cc1. The summed E-state index contributed by atoms with van der Waals surface area (Å²) in [7, 11) is 1.58. The van der Waals surface area contributed by atoms with E-state index in [9.17, 15) is 9.59 Å². The van der Waals surface area contributed by atoms with E-state index in [1.807, 2.05) is 31.2 Å². The van der Waals surface area contributed by atoms with Gasteiger partial charge in [0.15, 0.2) is 0 Å². The number of ether oxygens (including phenoxy) is 1. The van der Waals surface area contributed by atoms with E-state index in [2.05, 4.69) is 10.6 Å². The van der Waals surface area contributed by atoms with Crippen LogP contribution in [0, 0.1) is 6.92 Å². The molecule has 23 heavy (non-hydrogen) atoms. The Morgan fingerprint density at radius 2 is 1.65 bits per heavy atom. The Morgan fingerprint density at radius 1 is 1.00 bits per heavy atom. The van der Waals surface area contributed by atoms with E-state index in [4.69, 9.17) is 4.74 Å². The lowest BCUT2D eigenvalue weighted by atomic mass is 10.2. The molecule has 0 unspecified atom stereocenters. The molecule has 2 aromatic rings. The predicted molar refractivity (Wildman–Crippen MR) is 89.8 cm³/mol. The Labute approximate surface area is 135 Å². The summed E-state index contributed by atoms with van der Waals surface area (Å²) in [6.45, 7) is 2.32. The number of carbonyl (C=O) groups is 2. The highest BCUT2D eigenvalue weighted by atomic mass is 16.5. The van der Waals surface area contributed by atoms with Crippen molar-refractivity contribution in [2.45, 2.75) is 13.3 Å². The van der Waals surface area contributed by atoms with E-state index in [-0.39, 0.29) is 18.2 Å². The van der Waals surface area contributed by atoms with Crippen molar-refractivity contribution in [2.75, 3.05) is 19.0 Å². The maximum absolute atomic E-state index is 11.9. The molecular weight excluding hydrogens is 292 g/mol. The average Bonchev–Trinajstić information content (AvgIpc) is 2.56. The number of nitrogens with one attached hydrogen (secondary N) is 2. The number of anilines is 1. The van der Waals surface area contributed by atoms with Crippen LogP contribution in [0.4, 0.5) is 5.69 Å². The minimum absolute atomic E-state index is 0.134. The molecule has 0 aromatic heterocycles. The van der Waals surface area contributed by atoms with Crippen molar-refractivity contribution in [2.24, 2.45) is 0 Å². The number of carbonyl (C=O) groups excluding carboxylic acids is 2. The van der Waals surface area contributed by atoms with Crippen molar-refractivity contribution in [1.82, 2.24) is 5.32 Å².